The maximum Gasteiger partial charge on any atom is 0.310 e. The zero-order chi connectivity index (χ0) is 18.0. The summed E-state index contributed by atoms with van der Waals surface area (Å²) >= 11 is 0. The third-order valence-electron chi connectivity index (χ3n) is 4.93. The Morgan fingerprint density at radius 2 is 1.68 bits per heavy atom. The van der Waals surface area contributed by atoms with Crippen molar-refractivity contribution < 1.29 is 14.4 Å². The lowest BCUT2D eigenvalue weighted by Crippen LogP contribution is -2.48. The van der Waals surface area contributed by atoms with E-state index in [9.17, 15) is 14.4 Å². The molecule has 0 saturated heterocycles. The fourth-order valence-electron chi connectivity index (χ4n) is 3.71. The maximum atomic E-state index is 12.7. The number of hydrogen-bond acceptors (Lipinski definition) is 3. The number of carbonyl (C=O) groups is 3. The molecule has 1 heterocycles. The number of nitrogens with zero attached hydrogens (tertiary/aromatic N) is 1. The fraction of sp³-hybridized carbons (Fsp3) is 0.526. The third-order valence-corrected chi connectivity index (χ3v) is 4.93. The number of hydrogen-bond donors (Lipinski definition) is 2. The first-order valence-corrected chi connectivity index (χ1v) is 9.02. The highest BCUT2D eigenvalue weighted by Gasteiger charge is 2.40. The van der Waals surface area contributed by atoms with Crippen LogP contribution in [-0.4, -0.2) is 29.8 Å². The number of para-hydroxylation sites is 1. The van der Waals surface area contributed by atoms with Gasteiger partial charge in [-0.25, -0.2) is 0 Å². The number of nitrogens with one attached hydrogen (secondary N) is 2. The Kier molecular flexibility index (Phi) is 5.06. The van der Waals surface area contributed by atoms with Crippen LogP contribution in [0.3, 0.4) is 0 Å². The molecule has 0 unspecified atom stereocenters. The topological polar surface area (TPSA) is 78.5 Å². The minimum Gasteiger partial charge on any atom is -0.345 e. The van der Waals surface area contributed by atoms with Crippen molar-refractivity contribution in [1.29, 1.82) is 0 Å². The number of fused-ring (bicyclic) bond motifs is 1. The SMILES string of the molecule is CC(C)N1C(=O)[C@@H](NC(=O)C(=O)NC2CCCCC2)c2ccccc21. The van der Waals surface area contributed by atoms with Gasteiger partial charge in [0.05, 0.1) is 0 Å². The maximum absolute atomic E-state index is 12.7. The molecule has 0 bridgehead atoms. The van der Waals surface area contributed by atoms with E-state index in [-0.39, 0.29) is 18.0 Å². The van der Waals surface area contributed by atoms with Crippen LogP contribution in [0, 0.1) is 0 Å². The van der Waals surface area contributed by atoms with Crippen LogP contribution in [0.5, 0.6) is 0 Å². The van der Waals surface area contributed by atoms with Gasteiger partial charge in [0.15, 0.2) is 0 Å². The van der Waals surface area contributed by atoms with E-state index < -0.39 is 17.9 Å². The summed E-state index contributed by atoms with van der Waals surface area (Å²) in [6.07, 6.45) is 5.14. The minimum absolute atomic E-state index is 0.0217. The van der Waals surface area contributed by atoms with E-state index in [4.69, 9.17) is 0 Å². The molecule has 0 spiro atoms. The molecule has 6 heteroatoms. The van der Waals surface area contributed by atoms with Crippen molar-refractivity contribution in [2.75, 3.05) is 4.90 Å². The highest BCUT2D eigenvalue weighted by atomic mass is 16.2. The van der Waals surface area contributed by atoms with Crippen LogP contribution in [0.4, 0.5) is 5.69 Å². The zero-order valence-electron chi connectivity index (χ0n) is 14.7. The number of carbonyl (C=O) groups excluding carboxylic acids is 3. The van der Waals surface area contributed by atoms with Crippen LogP contribution in [-0.2, 0) is 14.4 Å². The van der Waals surface area contributed by atoms with Gasteiger partial charge >= 0.3 is 11.8 Å². The lowest BCUT2D eigenvalue weighted by Gasteiger charge is -2.23. The molecule has 1 atom stereocenters. The summed E-state index contributed by atoms with van der Waals surface area (Å²) in [6.45, 7) is 3.85. The lowest BCUT2D eigenvalue weighted by molar-refractivity contribution is -0.141. The Morgan fingerprint density at radius 3 is 2.36 bits per heavy atom. The van der Waals surface area contributed by atoms with Crippen molar-refractivity contribution in [1.82, 2.24) is 10.6 Å². The van der Waals surface area contributed by atoms with Gasteiger partial charge in [-0.3, -0.25) is 14.4 Å². The highest BCUT2D eigenvalue weighted by Crippen LogP contribution is 2.36. The summed E-state index contributed by atoms with van der Waals surface area (Å²) in [7, 11) is 0. The molecule has 1 saturated carbocycles. The molecule has 1 fully saturated rings. The molecule has 0 aromatic heterocycles. The summed E-state index contributed by atoms with van der Waals surface area (Å²) in [6, 6.07) is 6.61. The molecule has 1 aromatic rings. The van der Waals surface area contributed by atoms with E-state index in [2.05, 4.69) is 10.6 Å². The lowest BCUT2D eigenvalue weighted by atomic mass is 9.95. The van der Waals surface area contributed by atoms with Gasteiger partial charge in [0.25, 0.3) is 5.91 Å². The highest BCUT2D eigenvalue weighted by molar-refractivity contribution is 6.35. The predicted octanol–water partition coefficient (Wildman–Crippen LogP) is 2.05. The van der Waals surface area contributed by atoms with Crippen molar-refractivity contribution in [3.05, 3.63) is 29.8 Å². The quantitative estimate of drug-likeness (QED) is 0.825. The predicted molar refractivity (Wildman–Crippen MR) is 95.0 cm³/mol. The summed E-state index contributed by atoms with van der Waals surface area (Å²) in [5, 5.41) is 5.41. The summed E-state index contributed by atoms with van der Waals surface area (Å²) < 4.78 is 0. The Hall–Kier alpha value is -2.37. The third kappa shape index (κ3) is 3.52. The van der Waals surface area contributed by atoms with E-state index in [0.29, 0.717) is 0 Å². The second-order valence-electron chi connectivity index (χ2n) is 7.08. The first kappa shape index (κ1) is 17.5. The van der Waals surface area contributed by atoms with E-state index >= 15 is 0 Å². The standard InChI is InChI=1S/C19H25N3O3/c1-12(2)22-15-11-7-6-10-14(15)16(19(22)25)21-18(24)17(23)20-13-8-4-3-5-9-13/h6-7,10-13,16H,3-5,8-9H2,1-2H3,(H,20,23)(H,21,24)/t16-/m0/s1. The fourth-order valence-corrected chi connectivity index (χ4v) is 3.71. The minimum atomic E-state index is -0.803. The molecular formula is C19H25N3O3. The summed E-state index contributed by atoms with van der Waals surface area (Å²) in [5.41, 5.74) is 1.53. The van der Waals surface area contributed by atoms with Crippen LogP contribution in [0.25, 0.3) is 0 Å². The van der Waals surface area contributed by atoms with Crippen LogP contribution in [0.2, 0.25) is 0 Å². The van der Waals surface area contributed by atoms with Crippen LogP contribution in [0.1, 0.15) is 57.6 Å². The molecule has 2 N–H and O–H groups in total. The second kappa shape index (κ2) is 7.25. The Bertz CT molecular complexity index is 680. The Morgan fingerprint density at radius 1 is 1.04 bits per heavy atom. The van der Waals surface area contributed by atoms with Gasteiger partial charge in [0.1, 0.15) is 6.04 Å². The molecule has 3 amide bonds. The van der Waals surface area contributed by atoms with Crippen molar-refractivity contribution in [2.24, 2.45) is 0 Å². The summed E-state index contributed by atoms with van der Waals surface area (Å²) in [4.78, 5) is 38.9. The number of benzene rings is 1. The summed E-state index contributed by atoms with van der Waals surface area (Å²) in [5.74, 6) is -1.60. The van der Waals surface area contributed by atoms with Crippen LogP contribution >= 0.6 is 0 Å². The first-order valence-electron chi connectivity index (χ1n) is 9.02. The molecule has 0 radical (unpaired) electrons. The van der Waals surface area contributed by atoms with Gasteiger partial charge in [-0.1, -0.05) is 37.5 Å². The van der Waals surface area contributed by atoms with Crippen molar-refractivity contribution in [3.8, 4) is 0 Å². The average molecular weight is 343 g/mol. The Balaban J connectivity index is 1.70. The molecule has 25 heavy (non-hydrogen) atoms. The zero-order valence-corrected chi connectivity index (χ0v) is 14.7. The van der Waals surface area contributed by atoms with E-state index in [0.717, 1.165) is 36.9 Å². The molecule has 1 aliphatic carbocycles. The van der Waals surface area contributed by atoms with Crippen LogP contribution < -0.4 is 15.5 Å². The molecule has 6 nitrogen and oxygen atoms in total. The van der Waals surface area contributed by atoms with Crippen molar-refractivity contribution >= 4 is 23.4 Å². The van der Waals surface area contributed by atoms with Gasteiger partial charge < -0.3 is 15.5 Å². The normalized spacial score (nSPS) is 20.5. The van der Waals surface area contributed by atoms with Crippen molar-refractivity contribution in [2.45, 2.75) is 64.1 Å². The van der Waals surface area contributed by atoms with E-state index in [1.807, 2.05) is 38.1 Å². The second-order valence-corrected chi connectivity index (χ2v) is 7.08. The van der Waals surface area contributed by atoms with Gasteiger partial charge in [-0.2, -0.15) is 0 Å². The largest absolute Gasteiger partial charge is 0.345 e. The monoisotopic (exact) mass is 343 g/mol. The number of anilines is 1. The van der Waals surface area contributed by atoms with Gasteiger partial charge in [0, 0.05) is 23.3 Å². The molecule has 1 aromatic carbocycles. The molecular weight excluding hydrogens is 318 g/mol. The van der Waals surface area contributed by atoms with Gasteiger partial charge in [-0.05, 0) is 32.8 Å². The average Bonchev–Trinajstić information content (AvgIpc) is 2.88. The van der Waals surface area contributed by atoms with Crippen molar-refractivity contribution in [3.63, 3.8) is 0 Å². The number of rotatable bonds is 3. The molecule has 2 aliphatic rings. The van der Waals surface area contributed by atoms with E-state index in [1.165, 1.54) is 6.42 Å². The van der Waals surface area contributed by atoms with Crippen LogP contribution in [0.15, 0.2) is 24.3 Å². The number of amides is 3. The molecule has 1 aliphatic heterocycles. The smallest absolute Gasteiger partial charge is 0.310 e. The molecule has 134 valence electrons. The van der Waals surface area contributed by atoms with Gasteiger partial charge in [0.2, 0.25) is 0 Å². The molecule has 3 rings (SSSR count). The first-order chi connectivity index (χ1) is 12.0. The Labute approximate surface area is 148 Å². The van der Waals surface area contributed by atoms with E-state index in [1.54, 1.807) is 4.90 Å². The van der Waals surface area contributed by atoms with Gasteiger partial charge in [-0.15, -0.1) is 0 Å².